The molecule has 0 aliphatic heterocycles. The van der Waals surface area contributed by atoms with Gasteiger partial charge >= 0.3 is 30.2 Å². The zero-order valence-electron chi connectivity index (χ0n) is 20.3. The monoisotopic (exact) mass is 576 g/mol. The SMILES string of the molecule is CCOc1ccccc1C(=O)NC(N(C)c1ccc(C(O)(C(=O)OC)C(F)(F)F)cc1)(C(F)(F)F)C(F)(F)F. The smallest absolute Gasteiger partial charge is 0.439 e. The largest absolute Gasteiger partial charge is 0.493 e. The number of methoxy groups -OCH3 is 1. The number of anilines is 1. The highest BCUT2D eigenvalue weighted by Gasteiger charge is 2.75. The highest BCUT2D eigenvalue weighted by molar-refractivity contribution is 5.97. The molecule has 216 valence electrons. The number of hydrogen-bond acceptors (Lipinski definition) is 6. The third kappa shape index (κ3) is 5.55. The van der Waals surface area contributed by atoms with Gasteiger partial charge in [-0.2, -0.15) is 39.5 Å². The van der Waals surface area contributed by atoms with E-state index in [2.05, 4.69) is 4.74 Å². The third-order valence-electron chi connectivity index (χ3n) is 5.61. The summed E-state index contributed by atoms with van der Waals surface area (Å²) in [7, 11) is 0.815. The Balaban J connectivity index is 2.67. The lowest BCUT2D eigenvalue weighted by Crippen LogP contribution is -2.75. The maximum atomic E-state index is 14.3. The molecule has 1 amide bonds. The average Bonchev–Trinajstić information content (AvgIpc) is 2.84. The average molecular weight is 576 g/mol. The fourth-order valence-electron chi connectivity index (χ4n) is 3.60. The van der Waals surface area contributed by atoms with Crippen LogP contribution in [0.15, 0.2) is 48.5 Å². The second kappa shape index (κ2) is 10.8. The van der Waals surface area contributed by atoms with Crippen molar-refractivity contribution >= 4 is 17.6 Å². The fraction of sp³-hybridized carbons (Fsp3) is 0.391. The molecule has 0 saturated carbocycles. The Hall–Kier alpha value is -3.69. The van der Waals surface area contributed by atoms with Crippen molar-refractivity contribution in [2.24, 2.45) is 0 Å². The van der Waals surface area contributed by atoms with E-state index >= 15 is 0 Å². The molecule has 1 atom stereocenters. The number of carbonyl (C=O) groups excluding carboxylic acids is 2. The van der Waals surface area contributed by atoms with E-state index in [-0.39, 0.29) is 12.4 Å². The number of carbonyl (C=O) groups is 2. The van der Waals surface area contributed by atoms with Gasteiger partial charge in [-0.1, -0.05) is 24.3 Å². The minimum absolute atomic E-state index is 0.0733. The number of amides is 1. The van der Waals surface area contributed by atoms with Crippen molar-refractivity contribution in [3.05, 3.63) is 59.7 Å². The van der Waals surface area contributed by atoms with E-state index in [1.807, 2.05) is 0 Å². The molecule has 0 fully saturated rings. The number of halogens is 9. The van der Waals surface area contributed by atoms with Crippen LogP contribution in [0.25, 0.3) is 0 Å². The Labute approximate surface area is 215 Å². The molecule has 0 bridgehead atoms. The highest BCUT2D eigenvalue weighted by atomic mass is 19.4. The molecule has 0 aromatic heterocycles. The standard InChI is InChI=1S/C23H21F9N2O5/c1-4-39-16-8-6-5-7-15(16)17(35)33-20(22(27,28)29,23(30,31)32)34(2)14-11-9-13(10-12-14)19(37,18(36)38-3)21(24,25)26/h5-12,37H,4H2,1-3H3,(H,33,35). The first kappa shape index (κ1) is 31.5. The summed E-state index contributed by atoms with van der Waals surface area (Å²) < 4.78 is 135. The summed E-state index contributed by atoms with van der Waals surface area (Å²) in [5, 5.41) is 11.0. The van der Waals surface area contributed by atoms with Gasteiger partial charge in [0, 0.05) is 18.3 Å². The third-order valence-corrected chi connectivity index (χ3v) is 5.61. The molecular weight excluding hydrogens is 555 g/mol. The van der Waals surface area contributed by atoms with Crippen LogP contribution in [0.2, 0.25) is 0 Å². The maximum absolute atomic E-state index is 14.3. The molecule has 0 heterocycles. The minimum atomic E-state index is -6.24. The van der Waals surface area contributed by atoms with Gasteiger partial charge in [-0.3, -0.25) is 4.79 Å². The van der Waals surface area contributed by atoms with Crippen molar-refractivity contribution in [1.82, 2.24) is 5.32 Å². The van der Waals surface area contributed by atoms with E-state index in [1.54, 1.807) is 0 Å². The molecule has 0 spiro atoms. The Bertz CT molecular complexity index is 1170. The molecule has 0 radical (unpaired) electrons. The zero-order chi connectivity index (χ0) is 30.0. The molecule has 1 unspecified atom stereocenters. The second-order valence-corrected chi connectivity index (χ2v) is 7.89. The minimum Gasteiger partial charge on any atom is -0.493 e. The summed E-state index contributed by atoms with van der Waals surface area (Å²) in [4.78, 5) is 24.0. The summed E-state index contributed by atoms with van der Waals surface area (Å²) in [6, 6.07) is 5.88. The quantitative estimate of drug-likeness (QED) is 0.269. The van der Waals surface area contributed by atoms with Gasteiger partial charge in [-0.05, 0) is 31.2 Å². The number of nitrogens with one attached hydrogen (secondary N) is 1. The fourth-order valence-corrected chi connectivity index (χ4v) is 3.60. The van der Waals surface area contributed by atoms with Gasteiger partial charge in [0.25, 0.3) is 11.5 Å². The molecule has 0 aliphatic carbocycles. The number of ether oxygens (including phenoxy) is 2. The Kier molecular flexibility index (Phi) is 8.75. The van der Waals surface area contributed by atoms with Gasteiger partial charge in [0.1, 0.15) is 5.75 Å². The van der Waals surface area contributed by atoms with Crippen LogP contribution < -0.4 is 15.0 Å². The van der Waals surface area contributed by atoms with Gasteiger partial charge in [-0.25, -0.2) is 4.79 Å². The number of para-hydroxylation sites is 1. The number of benzene rings is 2. The summed E-state index contributed by atoms with van der Waals surface area (Å²) in [6.45, 7) is 1.39. The maximum Gasteiger partial charge on any atom is 0.439 e. The van der Waals surface area contributed by atoms with Crippen molar-refractivity contribution in [2.75, 3.05) is 25.7 Å². The molecule has 2 aromatic rings. The number of esters is 1. The second-order valence-electron chi connectivity index (χ2n) is 7.89. The molecule has 16 heteroatoms. The van der Waals surface area contributed by atoms with Crippen LogP contribution in [0.5, 0.6) is 5.75 Å². The van der Waals surface area contributed by atoms with Crippen molar-refractivity contribution < 1.29 is 63.7 Å². The Morgan fingerprint density at radius 1 is 0.872 bits per heavy atom. The van der Waals surface area contributed by atoms with E-state index in [0.717, 1.165) is 17.4 Å². The molecule has 2 aromatic carbocycles. The van der Waals surface area contributed by atoms with Crippen LogP contribution >= 0.6 is 0 Å². The predicted octanol–water partition coefficient (Wildman–Crippen LogP) is 4.70. The summed E-state index contributed by atoms with van der Waals surface area (Å²) >= 11 is 0. The summed E-state index contributed by atoms with van der Waals surface area (Å²) in [5.41, 5.74) is -12.3. The first-order chi connectivity index (χ1) is 17.8. The van der Waals surface area contributed by atoms with E-state index in [0.29, 0.717) is 38.4 Å². The highest BCUT2D eigenvalue weighted by Crippen LogP contribution is 2.47. The number of aliphatic hydroxyl groups is 1. The van der Waals surface area contributed by atoms with Crippen LogP contribution in [0, 0.1) is 0 Å². The van der Waals surface area contributed by atoms with Gasteiger partial charge in [0.2, 0.25) is 0 Å². The van der Waals surface area contributed by atoms with Crippen molar-refractivity contribution in [1.29, 1.82) is 0 Å². The first-order valence-electron chi connectivity index (χ1n) is 10.7. The van der Waals surface area contributed by atoms with Gasteiger partial charge in [0.15, 0.2) is 0 Å². The van der Waals surface area contributed by atoms with Crippen LogP contribution in [0.1, 0.15) is 22.8 Å². The van der Waals surface area contributed by atoms with Crippen LogP contribution in [-0.2, 0) is 15.1 Å². The van der Waals surface area contributed by atoms with E-state index in [4.69, 9.17) is 4.74 Å². The van der Waals surface area contributed by atoms with E-state index in [9.17, 15) is 54.2 Å². The lowest BCUT2D eigenvalue weighted by Gasteiger charge is -2.45. The van der Waals surface area contributed by atoms with Crippen LogP contribution in [0.4, 0.5) is 45.2 Å². The predicted molar refractivity (Wildman–Crippen MR) is 117 cm³/mol. The molecule has 2 rings (SSSR count). The van der Waals surface area contributed by atoms with E-state index in [1.165, 1.54) is 19.1 Å². The lowest BCUT2D eigenvalue weighted by molar-refractivity contribution is -0.302. The molecular formula is C23H21F9N2O5. The zero-order valence-corrected chi connectivity index (χ0v) is 20.3. The van der Waals surface area contributed by atoms with Gasteiger partial charge < -0.3 is 24.8 Å². The summed E-state index contributed by atoms with van der Waals surface area (Å²) in [5.74, 6) is -4.33. The first-order valence-corrected chi connectivity index (χ1v) is 10.7. The van der Waals surface area contributed by atoms with Gasteiger partial charge in [0.05, 0.1) is 19.3 Å². The number of nitrogens with zero attached hydrogens (tertiary/aromatic N) is 1. The Morgan fingerprint density at radius 3 is 1.82 bits per heavy atom. The normalized spacial score (nSPS) is 14.3. The van der Waals surface area contributed by atoms with Crippen LogP contribution in [-0.4, -0.2) is 61.9 Å². The number of hydrogen-bond donors (Lipinski definition) is 2. The van der Waals surface area contributed by atoms with Crippen LogP contribution in [0.3, 0.4) is 0 Å². The van der Waals surface area contributed by atoms with E-state index < -0.39 is 63.4 Å². The van der Waals surface area contributed by atoms with Crippen molar-refractivity contribution in [3.8, 4) is 5.75 Å². The number of alkyl halides is 9. The topological polar surface area (TPSA) is 88.1 Å². The van der Waals surface area contributed by atoms with Gasteiger partial charge in [-0.15, -0.1) is 0 Å². The molecule has 0 saturated heterocycles. The molecule has 7 nitrogen and oxygen atoms in total. The lowest BCUT2D eigenvalue weighted by atomic mass is 9.92. The van der Waals surface area contributed by atoms with Crippen molar-refractivity contribution in [2.45, 2.75) is 36.7 Å². The molecule has 39 heavy (non-hydrogen) atoms. The van der Waals surface area contributed by atoms with Crippen molar-refractivity contribution in [3.63, 3.8) is 0 Å². The Morgan fingerprint density at radius 2 is 1.38 bits per heavy atom. The molecule has 0 aliphatic rings. The number of rotatable bonds is 8. The molecule has 2 N–H and O–H groups in total. The summed E-state index contributed by atoms with van der Waals surface area (Å²) in [6.07, 6.45) is -18.2.